The number of carboxylic acid groups (broad SMARTS) is 1. The molecule has 112 valence electrons. The summed E-state index contributed by atoms with van der Waals surface area (Å²) in [5.74, 6) is 0.0471. The minimum Gasteiger partial charge on any atom is -0.492 e. The Labute approximate surface area is 123 Å². The largest absolute Gasteiger partial charge is 0.492 e. The molecule has 0 radical (unpaired) electrons. The zero-order chi connectivity index (χ0) is 15.4. The highest BCUT2D eigenvalue weighted by Crippen LogP contribution is 2.43. The smallest absolute Gasteiger partial charge is 0.320 e. The first kappa shape index (κ1) is 16.6. The van der Waals surface area contributed by atoms with Crippen LogP contribution in [0.5, 0.6) is 11.5 Å². The second kappa shape index (κ2) is 6.81. The third-order valence-corrected chi connectivity index (χ3v) is 3.34. The number of carboxylic acids is 1. The number of methoxy groups -OCH3 is 2. The minimum atomic E-state index is -1.05. The van der Waals surface area contributed by atoms with Crippen LogP contribution in [0.4, 0.5) is 0 Å². The standard InChI is InChI=1S/C14H20ClNO4/c1-7(2)11-8(6-10(16)14(17)18)5-9(15)12(19-3)13(11)20-4/h5,7,10H,6,16H2,1-4H3,(H,17,18). The summed E-state index contributed by atoms with van der Waals surface area (Å²) in [5, 5.41) is 9.33. The Morgan fingerprint density at radius 1 is 1.35 bits per heavy atom. The van der Waals surface area contributed by atoms with Crippen molar-refractivity contribution in [1.82, 2.24) is 0 Å². The predicted octanol–water partition coefficient (Wildman–Crippen LogP) is 2.44. The zero-order valence-electron chi connectivity index (χ0n) is 12.1. The molecule has 1 aromatic carbocycles. The van der Waals surface area contributed by atoms with Gasteiger partial charge in [-0.15, -0.1) is 0 Å². The second-order valence-electron chi connectivity index (χ2n) is 4.80. The fourth-order valence-electron chi connectivity index (χ4n) is 2.19. The van der Waals surface area contributed by atoms with Gasteiger partial charge in [0.05, 0.1) is 19.2 Å². The third kappa shape index (κ3) is 3.35. The monoisotopic (exact) mass is 301 g/mol. The SMILES string of the molecule is COc1c(Cl)cc(CC(N)C(=O)O)c(C(C)C)c1OC. The molecule has 5 nitrogen and oxygen atoms in total. The Kier molecular flexibility index (Phi) is 5.65. The molecular weight excluding hydrogens is 282 g/mol. The Hall–Kier alpha value is -1.46. The summed E-state index contributed by atoms with van der Waals surface area (Å²) in [6, 6.07) is 0.711. The van der Waals surface area contributed by atoms with Gasteiger partial charge in [-0.1, -0.05) is 25.4 Å². The van der Waals surface area contributed by atoms with Crippen LogP contribution in [0.2, 0.25) is 5.02 Å². The molecule has 0 heterocycles. The van der Waals surface area contributed by atoms with Crippen LogP contribution in [0.15, 0.2) is 6.07 Å². The Balaban J connectivity index is 3.43. The number of benzene rings is 1. The van der Waals surface area contributed by atoms with Gasteiger partial charge in [-0.3, -0.25) is 4.79 Å². The van der Waals surface area contributed by atoms with Crippen molar-refractivity contribution in [2.45, 2.75) is 32.2 Å². The molecule has 0 aliphatic rings. The summed E-state index contributed by atoms with van der Waals surface area (Å²) in [6.07, 6.45) is 0.183. The molecule has 3 N–H and O–H groups in total. The number of aliphatic carboxylic acids is 1. The molecule has 20 heavy (non-hydrogen) atoms. The zero-order valence-corrected chi connectivity index (χ0v) is 12.8. The fourth-order valence-corrected chi connectivity index (χ4v) is 2.49. The number of nitrogens with two attached hydrogens (primary N) is 1. The number of halogens is 1. The normalized spacial score (nSPS) is 12.3. The highest BCUT2D eigenvalue weighted by molar-refractivity contribution is 6.32. The van der Waals surface area contributed by atoms with Crippen molar-refractivity contribution in [3.8, 4) is 11.5 Å². The van der Waals surface area contributed by atoms with Crippen LogP contribution in [0.25, 0.3) is 0 Å². The summed E-state index contributed by atoms with van der Waals surface area (Å²) in [7, 11) is 3.04. The molecule has 0 fully saturated rings. The number of hydrogen-bond acceptors (Lipinski definition) is 4. The van der Waals surface area contributed by atoms with Gasteiger partial charge in [-0.05, 0) is 24.0 Å². The van der Waals surface area contributed by atoms with Gasteiger partial charge in [-0.25, -0.2) is 0 Å². The molecule has 0 aliphatic carbocycles. The van der Waals surface area contributed by atoms with Crippen molar-refractivity contribution in [2.75, 3.05) is 14.2 Å². The molecule has 0 saturated heterocycles. The quantitative estimate of drug-likeness (QED) is 0.843. The molecule has 1 rings (SSSR count). The lowest BCUT2D eigenvalue weighted by atomic mass is 9.91. The van der Waals surface area contributed by atoms with Gasteiger partial charge >= 0.3 is 5.97 Å². The summed E-state index contributed by atoms with van der Waals surface area (Å²) in [6.45, 7) is 3.97. The fraction of sp³-hybridized carbons (Fsp3) is 0.500. The highest BCUT2D eigenvalue weighted by Gasteiger charge is 2.23. The molecule has 0 saturated carbocycles. The van der Waals surface area contributed by atoms with Gasteiger partial charge in [-0.2, -0.15) is 0 Å². The number of rotatable bonds is 6. The first-order chi connectivity index (χ1) is 9.33. The Morgan fingerprint density at radius 3 is 2.30 bits per heavy atom. The van der Waals surface area contributed by atoms with Crippen LogP contribution in [-0.2, 0) is 11.2 Å². The lowest BCUT2D eigenvalue weighted by molar-refractivity contribution is -0.138. The van der Waals surface area contributed by atoms with Gasteiger partial charge in [0.2, 0.25) is 0 Å². The van der Waals surface area contributed by atoms with E-state index in [1.54, 1.807) is 6.07 Å². The van der Waals surface area contributed by atoms with Crippen LogP contribution in [-0.4, -0.2) is 31.3 Å². The van der Waals surface area contributed by atoms with E-state index in [0.29, 0.717) is 16.5 Å². The number of hydrogen-bond donors (Lipinski definition) is 2. The average molecular weight is 302 g/mol. The number of carbonyl (C=O) groups is 1. The maximum Gasteiger partial charge on any atom is 0.320 e. The molecule has 0 amide bonds. The second-order valence-corrected chi connectivity index (χ2v) is 5.21. The van der Waals surface area contributed by atoms with Crippen LogP contribution in [0.1, 0.15) is 30.9 Å². The molecule has 0 aromatic heterocycles. The van der Waals surface area contributed by atoms with E-state index < -0.39 is 12.0 Å². The van der Waals surface area contributed by atoms with Gasteiger partial charge in [0.1, 0.15) is 6.04 Å². The molecular formula is C14H20ClNO4. The van der Waals surface area contributed by atoms with Crippen molar-refractivity contribution in [3.63, 3.8) is 0 Å². The topological polar surface area (TPSA) is 81.8 Å². The van der Waals surface area contributed by atoms with Crippen molar-refractivity contribution in [1.29, 1.82) is 0 Å². The first-order valence-electron chi connectivity index (χ1n) is 6.25. The van der Waals surface area contributed by atoms with E-state index in [1.807, 2.05) is 13.8 Å². The molecule has 0 bridgehead atoms. The van der Waals surface area contributed by atoms with Crippen molar-refractivity contribution < 1.29 is 19.4 Å². The van der Waals surface area contributed by atoms with E-state index >= 15 is 0 Å². The lowest BCUT2D eigenvalue weighted by Crippen LogP contribution is -2.32. The summed E-state index contributed by atoms with van der Waals surface area (Å²) >= 11 is 6.16. The van der Waals surface area contributed by atoms with E-state index in [2.05, 4.69) is 0 Å². The summed E-state index contributed by atoms with van der Waals surface area (Å²) in [4.78, 5) is 10.9. The van der Waals surface area contributed by atoms with Crippen LogP contribution < -0.4 is 15.2 Å². The maximum absolute atomic E-state index is 10.9. The van der Waals surface area contributed by atoms with E-state index in [-0.39, 0.29) is 12.3 Å². The number of ether oxygens (including phenoxy) is 2. The summed E-state index contributed by atoms with van der Waals surface area (Å²) < 4.78 is 10.7. The van der Waals surface area contributed by atoms with Crippen LogP contribution >= 0.6 is 11.6 Å². The van der Waals surface area contributed by atoms with Crippen molar-refractivity contribution in [3.05, 3.63) is 22.2 Å². The average Bonchev–Trinajstić information content (AvgIpc) is 2.36. The van der Waals surface area contributed by atoms with E-state index in [0.717, 1.165) is 11.1 Å². The van der Waals surface area contributed by atoms with E-state index in [4.69, 9.17) is 31.9 Å². The molecule has 1 aromatic rings. The molecule has 0 aliphatic heterocycles. The van der Waals surface area contributed by atoms with Crippen molar-refractivity contribution >= 4 is 17.6 Å². The Morgan fingerprint density at radius 2 is 1.90 bits per heavy atom. The van der Waals surface area contributed by atoms with Gasteiger partial charge < -0.3 is 20.3 Å². The summed E-state index contributed by atoms with van der Waals surface area (Å²) in [5.41, 5.74) is 7.24. The van der Waals surface area contributed by atoms with Crippen LogP contribution in [0.3, 0.4) is 0 Å². The predicted molar refractivity (Wildman–Crippen MR) is 78.0 cm³/mol. The van der Waals surface area contributed by atoms with E-state index in [9.17, 15) is 4.79 Å². The lowest BCUT2D eigenvalue weighted by Gasteiger charge is -2.21. The molecule has 0 spiro atoms. The van der Waals surface area contributed by atoms with Gasteiger partial charge in [0.15, 0.2) is 11.5 Å². The molecule has 6 heteroatoms. The Bertz CT molecular complexity index is 502. The van der Waals surface area contributed by atoms with E-state index in [1.165, 1.54) is 14.2 Å². The first-order valence-corrected chi connectivity index (χ1v) is 6.62. The van der Waals surface area contributed by atoms with Crippen molar-refractivity contribution in [2.24, 2.45) is 5.73 Å². The molecule has 1 atom stereocenters. The van der Waals surface area contributed by atoms with Crippen LogP contribution in [0, 0.1) is 0 Å². The third-order valence-electron chi connectivity index (χ3n) is 3.06. The maximum atomic E-state index is 10.9. The van der Waals surface area contributed by atoms with Gasteiger partial charge in [0, 0.05) is 5.56 Å². The minimum absolute atomic E-state index is 0.118. The molecule has 1 unspecified atom stereocenters. The highest BCUT2D eigenvalue weighted by atomic mass is 35.5. The van der Waals surface area contributed by atoms with Gasteiger partial charge in [0.25, 0.3) is 0 Å².